The molecule has 1 aromatic rings. The predicted octanol–water partition coefficient (Wildman–Crippen LogP) is 2.42. The molecule has 27 heavy (non-hydrogen) atoms. The van der Waals surface area contributed by atoms with Gasteiger partial charge in [0, 0.05) is 43.3 Å². The van der Waals surface area contributed by atoms with E-state index in [1.807, 2.05) is 30.0 Å². The van der Waals surface area contributed by atoms with Crippen molar-refractivity contribution >= 4 is 29.3 Å². The number of methoxy groups -OCH3 is 1. The van der Waals surface area contributed by atoms with Gasteiger partial charge in [0.25, 0.3) is 5.91 Å². The van der Waals surface area contributed by atoms with Crippen LogP contribution in [0.4, 0.5) is 5.69 Å². The number of hydrogen-bond acceptors (Lipinski definition) is 5. The number of piperidine rings is 1. The van der Waals surface area contributed by atoms with Gasteiger partial charge in [0.05, 0.1) is 10.9 Å². The van der Waals surface area contributed by atoms with Gasteiger partial charge in [-0.1, -0.05) is 0 Å². The zero-order valence-electron chi connectivity index (χ0n) is 16.1. The lowest BCUT2D eigenvalue weighted by molar-refractivity contribution is -0.118. The maximum atomic E-state index is 12.7. The summed E-state index contributed by atoms with van der Waals surface area (Å²) in [4.78, 5) is 28.3. The molecule has 7 heteroatoms. The number of thioether (sulfide) groups is 1. The smallest absolute Gasteiger partial charge is 0.251 e. The molecule has 0 aromatic heterocycles. The first-order valence-electron chi connectivity index (χ1n) is 9.72. The van der Waals surface area contributed by atoms with Crippen molar-refractivity contribution in [2.45, 2.75) is 48.8 Å². The van der Waals surface area contributed by atoms with Gasteiger partial charge in [-0.3, -0.25) is 9.59 Å². The first-order valence-corrected chi connectivity index (χ1v) is 10.6. The zero-order chi connectivity index (χ0) is 19.2. The number of carbonyl (C=O) groups excluding carboxylic acids is 2. The molecule has 3 rings (SSSR count). The molecule has 2 N–H and O–H groups in total. The van der Waals surface area contributed by atoms with E-state index in [0.29, 0.717) is 18.7 Å². The number of carbonyl (C=O) groups is 2. The predicted molar refractivity (Wildman–Crippen MR) is 109 cm³/mol. The standard InChI is InChI=1S/C20H29N3O3S/c1-14-20(25)23(10-3-4-11-26-2)17-12-15(7-8-18(17)27-14)19(24)22-16-6-5-9-21-13-16/h7-8,12,14,16,21H,3-6,9-11,13H2,1-2H3,(H,22,24)/t14-,16-/m1/s1. The van der Waals surface area contributed by atoms with E-state index in [0.717, 1.165) is 49.4 Å². The molecule has 0 radical (unpaired) electrons. The number of benzene rings is 1. The van der Waals surface area contributed by atoms with Crippen molar-refractivity contribution < 1.29 is 14.3 Å². The van der Waals surface area contributed by atoms with Gasteiger partial charge in [0.1, 0.15) is 0 Å². The molecule has 2 heterocycles. The lowest BCUT2D eigenvalue weighted by atomic mass is 10.1. The summed E-state index contributed by atoms with van der Waals surface area (Å²) in [5.41, 5.74) is 1.47. The summed E-state index contributed by atoms with van der Waals surface area (Å²) >= 11 is 1.57. The molecule has 0 unspecified atom stereocenters. The van der Waals surface area contributed by atoms with Crippen LogP contribution in [0, 0.1) is 0 Å². The largest absolute Gasteiger partial charge is 0.385 e. The van der Waals surface area contributed by atoms with Gasteiger partial charge in [-0.25, -0.2) is 0 Å². The fourth-order valence-corrected chi connectivity index (χ4v) is 4.58. The summed E-state index contributed by atoms with van der Waals surface area (Å²) in [5.74, 6) is 0.0425. The Morgan fingerprint density at radius 1 is 1.41 bits per heavy atom. The molecule has 2 atom stereocenters. The van der Waals surface area contributed by atoms with Crippen molar-refractivity contribution in [2.75, 3.05) is 38.3 Å². The van der Waals surface area contributed by atoms with E-state index in [1.165, 1.54) is 0 Å². The second kappa shape index (κ2) is 9.57. The number of nitrogens with zero attached hydrogens (tertiary/aromatic N) is 1. The van der Waals surface area contributed by atoms with Gasteiger partial charge < -0.3 is 20.3 Å². The van der Waals surface area contributed by atoms with Gasteiger partial charge in [0.2, 0.25) is 5.91 Å². The van der Waals surface area contributed by atoms with Crippen molar-refractivity contribution in [3.8, 4) is 0 Å². The average Bonchev–Trinajstić information content (AvgIpc) is 2.68. The Labute approximate surface area is 165 Å². The second-order valence-electron chi connectivity index (χ2n) is 7.15. The highest BCUT2D eigenvalue weighted by molar-refractivity contribution is 8.01. The van der Waals surface area contributed by atoms with E-state index in [2.05, 4.69) is 10.6 Å². The normalized spacial score (nSPS) is 22.4. The number of unbranched alkanes of at least 4 members (excludes halogenated alkanes) is 1. The van der Waals surface area contributed by atoms with E-state index in [9.17, 15) is 9.59 Å². The Bertz CT molecular complexity index is 676. The molecule has 0 bridgehead atoms. The lowest BCUT2D eigenvalue weighted by Gasteiger charge is -2.33. The van der Waals surface area contributed by atoms with Crippen molar-refractivity contribution in [3.05, 3.63) is 23.8 Å². The van der Waals surface area contributed by atoms with Gasteiger partial charge in [-0.05, 0) is 57.4 Å². The van der Waals surface area contributed by atoms with E-state index in [1.54, 1.807) is 18.9 Å². The Balaban J connectivity index is 1.74. The van der Waals surface area contributed by atoms with Gasteiger partial charge in [-0.2, -0.15) is 0 Å². The Morgan fingerprint density at radius 2 is 2.26 bits per heavy atom. The first kappa shape index (κ1) is 20.2. The van der Waals surface area contributed by atoms with Crippen LogP contribution in [0.2, 0.25) is 0 Å². The summed E-state index contributed by atoms with van der Waals surface area (Å²) in [6, 6.07) is 5.87. The van der Waals surface area contributed by atoms with Crippen molar-refractivity contribution in [1.82, 2.24) is 10.6 Å². The van der Waals surface area contributed by atoms with E-state index >= 15 is 0 Å². The molecule has 6 nitrogen and oxygen atoms in total. The maximum Gasteiger partial charge on any atom is 0.251 e. The molecule has 2 amide bonds. The molecule has 0 aliphatic carbocycles. The highest BCUT2D eigenvalue weighted by Crippen LogP contribution is 2.39. The van der Waals surface area contributed by atoms with Gasteiger partial charge in [-0.15, -0.1) is 11.8 Å². The second-order valence-corrected chi connectivity index (χ2v) is 8.53. The summed E-state index contributed by atoms with van der Waals surface area (Å²) in [7, 11) is 1.69. The quantitative estimate of drug-likeness (QED) is 0.699. The molecule has 0 saturated carbocycles. The molecule has 2 aliphatic heterocycles. The molecule has 148 valence electrons. The van der Waals surface area contributed by atoms with E-state index in [4.69, 9.17) is 4.74 Å². The summed E-state index contributed by atoms with van der Waals surface area (Å²) in [6.07, 6.45) is 3.86. The van der Waals surface area contributed by atoms with Crippen LogP contribution in [0.5, 0.6) is 0 Å². The van der Waals surface area contributed by atoms with Crippen LogP contribution in [0.3, 0.4) is 0 Å². The van der Waals surface area contributed by atoms with Crippen molar-refractivity contribution in [3.63, 3.8) is 0 Å². The number of nitrogens with one attached hydrogen (secondary N) is 2. The number of fused-ring (bicyclic) bond motifs is 1. The van der Waals surface area contributed by atoms with Crippen LogP contribution in [0.1, 0.15) is 43.0 Å². The molecular formula is C20H29N3O3S. The minimum absolute atomic E-state index is 0.0677. The summed E-state index contributed by atoms with van der Waals surface area (Å²) in [6.45, 7) is 5.11. The van der Waals surface area contributed by atoms with Crippen molar-refractivity contribution in [2.24, 2.45) is 0 Å². The summed E-state index contributed by atoms with van der Waals surface area (Å²) in [5, 5.41) is 6.32. The highest BCUT2D eigenvalue weighted by atomic mass is 32.2. The SMILES string of the molecule is COCCCCN1C(=O)[C@@H](C)Sc2ccc(C(=O)N[C@@H]3CCCNC3)cc21. The molecule has 2 aliphatic rings. The number of ether oxygens (including phenoxy) is 1. The topological polar surface area (TPSA) is 70.7 Å². The minimum Gasteiger partial charge on any atom is -0.385 e. The van der Waals surface area contributed by atoms with Crippen LogP contribution in [0.15, 0.2) is 23.1 Å². The zero-order valence-corrected chi connectivity index (χ0v) is 16.9. The van der Waals surface area contributed by atoms with Gasteiger partial charge in [0.15, 0.2) is 0 Å². The molecular weight excluding hydrogens is 362 g/mol. The third-order valence-corrected chi connectivity index (χ3v) is 6.20. The van der Waals surface area contributed by atoms with Crippen LogP contribution in [0.25, 0.3) is 0 Å². The molecule has 1 aromatic carbocycles. The van der Waals surface area contributed by atoms with Gasteiger partial charge >= 0.3 is 0 Å². The third kappa shape index (κ3) is 5.03. The fraction of sp³-hybridized carbons (Fsp3) is 0.600. The monoisotopic (exact) mass is 391 g/mol. The lowest BCUT2D eigenvalue weighted by Crippen LogP contribution is -2.45. The minimum atomic E-state index is -0.104. The molecule has 1 saturated heterocycles. The number of anilines is 1. The third-order valence-electron chi connectivity index (χ3n) is 5.04. The van der Waals surface area contributed by atoms with Crippen LogP contribution in [-0.2, 0) is 9.53 Å². The Morgan fingerprint density at radius 3 is 3.00 bits per heavy atom. The average molecular weight is 392 g/mol. The fourth-order valence-electron chi connectivity index (χ4n) is 3.54. The first-order chi connectivity index (χ1) is 13.1. The van der Waals surface area contributed by atoms with E-state index in [-0.39, 0.29) is 23.1 Å². The molecule has 0 spiro atoms. The Hall–Kier alpha value is -1.57. The number of rotatable bonds is 7. The molecule has 1 fully saturated rings. The Kier molecular flexibility index (Phi) is 7.15. The van der Waals surface area contributed by atoms with Crippen LogP contribution in [-0.4, -0.2) is 56.5 Å². The summed E-state index contributed by atoms with van der Waals surface area (Å²) < 4.78 is 5.11. The number of hydrogen-bond donors (Lipinski definition) is 2. The number of amides is 2. The van der Waals surface area contributed by atoms with Crippen LogP contribution < -0.4 is 15.5 Å². The highest BCUT2D eigenvalue weighted by Gasteiger charge is 2.31. The van der Waals surface area contributed by atoms with Crippen molar-refractivity contribution in [1.29, 1.82) is 0 Å². The maximum absolute atomic E-state index is 12.7. The van der Waals surface area contributed by atoms with E-state index < -0.39 is 0 Å². The van der Waals surface area contributed by atoms with Crippen LogP contribution >= 0.6 is 11.8 Å².